The molecule has 60 valence electrons. The summed E-state index contributed by atoms with van der Waals surface area (Å²) in [4.78, 5) is 12.3. The van der Waals surface area contributed by atoms with Crippen LogP contribution in [0.1, 0.15) is 0 Å². The van der Waals surface area contributed by atoms with Gasteiger partial charge in [0.25, 0.3) is 6.47 Å². The fourth-order valence-electron chi connectivity index (χ4n) is 0.358. The van der Waals surface area contributed by atoms with Crippen LogP contribution in [0, 0.1) is 0 Å². The normalized spacial score (nSPS) is 7.82. The SMILES string of the molecule is Brc1ccc(Br)nc1.O=CO. The molecule has 1 N–H and O–H groups in total. The number of hydrogen-bond donors (Lipinski definition) is 1. The first-order chi connectivity index (χ1) is 5.20. The van der Waals surface area contributed by atoms with E-state index in [1.807, 2.05) is 12.1 Å². The third-order valence-electron chi connectivity index (χ3n) is 0.691. The lowest BCUT2D eigenvalue weighted by Crippen LogP contribution is -1.70. The molecule has 0 aliphatic rings. The van der Waals surface area contributed by atoms with Crippen LogP contribution < -0.4 is 0 Å². The van der Waals surface area contributed by atoms with E-state index in [1.165, 1.54) is 0 Å². The van der Waals surface area contributed by atoms with Crippen molar-refractivity contribution >= 4 is 38.3 Å². The molecule has 3 nitrogen and oxygen atoms in total. The van der Waals surface area contributed by atoms with Crippen molar-refractivity contribution in [2.24, 2.45) is 0 Å². The standard InChI is InChI=1S/C5H3Br2N.CH2O2/c6-4-1-2-5(7)8-3-4;2-1-3/h1-3H;1H,(H,2,3). The van der Waals surface area contributed by atoms with E-state index in [0.29, 0.717) is 0 Å². The Hall–Kier alpha value is -0.420. The van der Waals surface area contributed by atoms with Gasteiger partial charge in [-0.1, -0.05) is 0 Å². The molecule has 0 saturated carbocycles. The molecule has 1 aromatic heterocycles. The number of halogens is 2. The van der Waals surface area contributed by atoms with E-state index in [9.17, 15) is 0 Å². The summed E-state index contributed by atoms with van der Waals surface area (Å²) in [5.74, 6) is 0. The van der Waals surface area contributed by atoms with E-state index in [0.717, 1.165) is 9.08 Å². The summed E-state index contributed by atoms with van der Waals surface area (Å²) in [5, 5.41) is 6.89. The fraction of sp³-hybridized carbons (Fsp3) is 0. The summed E-state index contributed by atoms with van der Waals surface area (Å²) < 4.78 is 1.86. The predicted octanol–water partition coefficient (Wildman–Crippen LogP) is 2.31. The Bertz CT molecular complexity index is 191. The summed E-state index contributed by atoms with van der Waals surface area (Å²) in [6, 6.07) is 3.81. The molecule has 1 heterocycles. The van der Waals surface area contributed by atoms with Crippen LogP contribution in [-0.4, -0.2) is 16.6 Å². The first-order valence-corrected chi connectivity index (χ1v) is 4.14. The number of hydrogen-bond acceptors (Lipinski definition) is 2. The summed E-state index contributed by atoms with van der Waals surface area (Å²) in [7, 11) is 0. The molecule has 0 aliphatic heterocycles. The van der Waals surface area contributed by atoms with E-state index in [1.54, 1.807) is 6.20 Å². The Balaban J connectivity index is 0.000000292. The van der Waals surface area contributed by atoms with Gasteiger partial charge in [0.1, 0.15) is 4.60 Å². The molecule has 5 heteroatoms. The van der Waals surface area contributed by atoms with E-state index >= 15 is 0 Å². The van der Waals surface area contributed by atoms with Crippen LogP contribution in [0.5, 0.6) is 0 Å². The molecule has 1 rings (SSSR count). The topological polar surface area (TPSA) is 50.2 Å². The van der Waals surface area contributed by atoms with E-state index in [-0.39, 0.29) is 6.47 Å². The molecular weight excluding hydrogens is 278 g/mol. The first kappa shape index (κ1) is 10.6. The zero-order chi connectivity index (χ0) is 8.69. The highest BCUT2D eigenvalue weighted by Gasteiger charge is 1.84. The van der Waals surface area contributed by atoms with Gasteiger partial charge in [-0.2, -0.15) is 0 Å². The number of pyridine rings is 1. The van der Waals surface area contributed by atoms with Crippen molar-refractivity contribution in [3.05, 3.63) is 27.4 Å². The largest absolute Gasteiger partial charge is 0.483 e. The monoisotopic (exact) mass is 281 g/mol. The predicted molar refractivity (Wildman–Crippen MR) is 48.3 cm³/mol. The highest BCUT2D eigenvalue weighted by molar-refractivity contribution is 9.11. The summed E-state index contributed by atoms with van der Waals surface area (Å²) in [5.41, 5.74) is 0. The van der Waals surface area contributed by atoms with Gasteiger partial charge in [0.2, 0.25) is 0 Å². The molecule has 0 aromatic carbocycles. The van der Waals surface area contributed by atoms with Crippen LogP contribution in [0.15, 0.2) is 27.4 Å². The third-order valence-corrected chi connectivity index (χ3v) is 1.63. The molecule has 0 amide bonds. The molecular formula is C6H5Br2NO2. The molecule has 0 radical (unpaired) electrons. The molecule has 0 saturated heterocycles. The Morgan fingerprint density at radius 1 is 1.45 bits per heavy atom. The molecule has 0 bridgehead atoms. The summed E-state index contributed by atoms with van der Waals surface area (Å²) in [6.07, 6.45) is 1.74. The lowest BCUT2D eigenvalue weighted by molar-refractivity contribution is -0.122. The van der Waals surface area contributed by atoms with Crippen molar-refractivity contribution in [2.75, 3.05) is 0 Å². The second kappa shape index (κ2) is 6.30. The lowest BCUT2D eigenvalue weighted by atomic mass is 10.5. The third kappa shape index (κ3) is 6.00. The van der Waals surface area contributed by atoms with Crippen molar-refractivity contribution in [1.82, 2.24) is 4.98 Å². The van der Waals surface area contributed by atoms with Crippen molar-refractivity contribution in [1.29, 1.82) is 0 Å². The quantitative estimate of drug-likeness (QED) is 0.587. The minimum atomic E-state index is -0.250. The molecule has 0 aliphatic carbocycles. The Morgan fingerprint density at radius 2 is 2.00 bits per heavy atom. The minimum absolute atomic E-state index is 0.250. The molecule has 1 aromatic rings. The van der Waals surface area contributed by atoms with Gasteiger partial charge in [-0.05, 0) is 44.0 Å². The van der Waals surface area contributed by atoms with Crippen LogP contribution in [-0.2, 0) is 4.79 Å². The maximum absolute atomic E-state index is 8.36. The zero-order valence-corrected chi connectivity index (χ0v) is 8.54. The molecule has 0 spiro atoms. The maximum Gasteiger partial charge on any atom is 0.290 e. The van der Waals surface area contributed by atoms with Crippen molar-refractivity contribution < 1.29 is 9.90 Å². The van der Waals surface area contributed by atoms with Gasteiger partial charge < -0.3 is 5.11 Å². The fourth-order valence-corrected chi connectivity index (χ4v) is 0.827. The van der Waals surface area contributed by atoms with Crippen molar-refractivity contribution in [3.63, 3.8) is 0 Å². The second-order valence-electron chi connectivity index (χ2n) is 1.40. The number of aromatic nitrogens is 1. The van der Waals surface area contributed by atoms with Crippen LogP contribution in [0.25, 0.3) is 0 Å². The molecule has 0 unspecified atom stereocenters. The Labute approximate surface area is 80.7 Å². The van der Waals surface area contributed by atoms with Crippen molar-refractivity contribution in [2.45, 2.75) is 0 Å². The molecule has 0 atom stereocenters. The van der Waals surface area contributed by atoms with Gasteiger partial charge >= 0.3 is 0 Å². The Morgan fingerprint density at radius 3 is 2.27 bits per heavy atom. The molecule has 11 heavy (non-hydrogen) atoms. The average Bonchev–Trinajstić information content (AvgIpc) is 1.97. The van der Waals surface area contributed by atoms with Crippen LogP contribution in [0.3, 0.4) is 0 Å². The lowest BCUT2D eigenvalue weighted by Gasteiger charge is -1.86. The van der Waals surface area contributed by atoms with E-state index < -0.39 is 0 Å². The van der Waals surface area contributed by atoms with E-state index in [2.05, 4.69) is 36.8 Å². The van der Waals surface area contributed by atoms with Gasteiger partial charge in [0, 0.05) is 10.7 Å². The van der Waals surface area contributed by atoms with E-state index in [4.69, 9.17) is 9.90 Å². The number of rotatable bonds is 0. The second-order valence-corrected chi connectivity index (χ2v) is 3.13. The van der Waals surface area contributed by atoms with Gasteiger partial charge in [-0.25, -0.2) is 4.98 Å². The number of carbonyl (C=O) groups is 1. The van der Waals surface area contributed by atoms with Gasteiger partial charge in [0.05, 0.1) is 0 Å². The van der Waals surface area contributed by atoms with Crippen molar-refractivity contribution in [3.8, 4) is 0 Å². The summed E-state index contributed by atoms with van der Waals surface area (Å²) >= 11 is 6.48. The Kier molecular flexibility index (Phi) is 6.06. The van der Waals surface area contributed by atoms with Crippen LogP contribution in [0.4, 0.5) is 0 Å². The highest BCUT2D eigenvalue weighted by Crippen LogP contribution is 2.10. The van der Waals surface area contributed by atoms with Gasteiger partial charge in [-0.3, -0.25) is 4.79 Å². The van der Waals surface area contributed by atoms with Gasteiger partial charge in [-0.15, -0.1) is 0 Å². The highest BCUT2D eigenvalue weighted by atomic mass is 79.9. The first-order valence-electron chi connectivity index (χ1n) is 2.55. The van der Waals surface area contributed by atoms with Gasteiger partial charge in [0.15, 0.2) is 0 Å². The number of carboxylic acid groups (broad SMARTS) is 1. The van der Waals surface area contributed by atoms with Crippen LogP contribution >= 0.6 is 31.9 Å². The molecule has 0 fully saturated rings. The number of nitrogens with zero attached hydrogens (tertiary/aromatic N) is 1. The summed E-state index contributed by atoms with van der Waals surface area (Å²) in [6.45, 7) is -0.250. The maximum atomic E-state index is 8.36. The zero-order valence-electron chi connectivity index (χ0n) is 5.37. The smallest absolute Gasteiger partial charge is 0.290 e. The minimum Gasteiger partial charge on any atom is -0.483 e. The average molecular weight is 283 g/mol. The van der Waals surface area contributed by atoms with Crippen LogP contribution in [0.2, 0.25) is 0 Å².